The molecule has 0 aromatic heterocycles. The van der Waals surface area contributed by atoms with Gasteiger partial charge in [-0.1, -0.05) is 44.7 Å². The van der Waals surface area contributed by atoms with Crippen molar-refractivity contribution in [2.24, 2.45) is 5.41 Å². The Morgan fingerprint density at radius 1 is 1.32 bits per heavy atom. The summed E-state index contributed by atoms with van der Waals surface area (Å²) in [5.41, 5.74) is 3.33. The predicted octanol–water partition coefficient (Wildman–Crippen LogP) is 4.03. The Kier molecular flexibility index (Phi) is 5.45. The number of dihydropyridines is 1. The minimum Gasteiger partial charge on any atom is -0.489 e. The fourth-order valence-electron chi connectivity index (χ4n) is 4.13. The first-order valence-electron chi connectivity index (χ1n) is 9.44. The number of nitrogens with one attached hydrogen (secondary N) is 1. The number of methoxy groups -OCH3 is 1. The number of carbonyl (C=O) groups is 2. The quantitative estimate of drug-likeness (QED) is 0.616. The van der Waals surface area contributed by atoms with Crippen molar-refractivity contribution < 1.29 is 19.1 Å². The van der Waals surface area contributed by atoms with Crippen LogP contribution < -0.4 is 10.1 Å². The van der Waals surface area contributed by atoms with E-state index in [2.05, 4.69) is 25.7 Å². The van der Waals surface area contributed by atoms with E-state index in [1.54, 1.807) is 6.08 Å². The van der Waals surface area contributed by atoms with E-state index in [-0.39, 0.29) is 11.2 Å². The number of allylic oxidation sites excluding steroid dienone is 3. The molecule has 1 N–H and O–H groups in total. The van der Waals surface area contributed by atoms with Crippen LogP contribution in [0.25, 0.3) is 0 Å². The third-order valence-electron chi connectivity index (χ3n) is 5.23. The molecule has 1 aliphatic heterocycles. The van der Waals surface area contributed by atoms with Crippen molar-refractivity contribution in [2.75, 3.05) is 13.7 Å². The summed E-state index contributed by atoms with van der Waals surface area (Å²) in [6.07, 6.45) is 2.85. The smallest absolute Gasteiger partial charge is 0.336 e. The summed E-state index contributed by atoms with van der Waals surface area (Å²) in [6.45, 7) is 10.1. The molecule has 1 aromatic carbocycles. The van der Waals surface area contributed by atoms with Gasteiger partial charge in [0, 0.05) is 29.0 Å². The monoisotopic (exact) mass is 381 g/mol. The Balaban J connectivity index is 2.21. The van der Waals surface area contributed by atoms with Gasteiger partial charge in [-0.05, 0) is 24.8 Å². The zero-order valence-corrected chi connectivity index (χ0v) is 16.9. The van der Waals surface area contributed by atoms with E-state index in [0.29, 0.717) is 35.6 Å². The molecule has 0 bridgehead atoms. The Morgan fingerprint density at radius 3 is 2.71 bits per heavy atom. The highest BCUT2D eigenvalue weighted by Gasteiger charge is 2.43. The predicted molar refractivity (Wildman–Crippen MR) is 108 cm³/mol. The topological polar surface area (TPSA) is 64.6 Å². The molecule has 1 aliphatic carbocycles. The lowest BCUT2D eigenvalue weighted by molar-refractivity contribution is -0.136. The van der Waals surface area contributed by atoms with Crippen molar-refractivity contribution in [3.8, 4) is 5.75 Å². The van der Waals surface area contributed by atoms with Gasteiger partial charge in [0.1, 0.15) is 12.4 Å². The summed E-state index contributed by atoms with van der Waals surface area (Å²) in [5.74, 6) is -0.282. The molecule has 0 radical (unpaired) electrons. The fraction of sp³-hybridized carbons (Fsp3) is 0.391. The largest absolute Gasteiger partial charge is 0.489 e. The first-order chi connectivity index (χ1) is 13.3. The third-order valence-corrected chi connectivity index (χ3v) is 5.23. The van der Waals surface area contributed by atoms with Gasteiger partial charge in [0.05, 0.1) is 18.6 Å². The number of carbonyl (C=O) groups excluding carboxylic acids is 2. The zero-order chi connectivity index (χ0) is 20.5. The molecule has 0 saturated heterocycles. The number of ketones is 1. The SMILES string of the molecule is C=CCOc1ccccc1[C@H]1C(C(=O)OC)=C(C)NC2=C1C(=O)CC(C)(C)C2. The fourth-order valence-corrected chi connectivity index (χ4v) is 4.13. The number of hydrogen-bond acceptors (Lipinski definition) is 5. The third kappa shape index (κ3) is 3.61. The van der Waals surface area contributed by atoms with E-state index < -0.39 is 11.9 Å². The summed E-state index contributed by atoms with van der Waals surface area (Å²) < 4.78 is 10.9. The van der Waals surface area contributed by atoms with Gasteiger partial charge in [-0.25, -0.2) is 4.79 Å². The van der Waals surface area contributed by atoms with E-state index in [9.17, 15) is 9.59 Å². The molecular weight excluding hydrogens is 354 g/mol. The molecule has 1 heterocycles. The lowest BCUT2D eigenvalue weighted by Gasteiger charge is -2.39. The Hall–Kier alpha value is -2.82. The van der Waals surface area contributed by atoms with Gasteiger partial charge in [0.25, 0.3) is 0 Å². The maximum Gasteiger partial charge on any atom is 0.336 e. The average Bonchev–Trinajstić information content (AvgIpc) is 2.64. The summed E-state index contributed by atoms with van der Waals surface area (Å²) in [6, 6.07) is 7.52. The van der Waals surface area contributed by atoms with Crippen molar-refractivity contribution in [1.82, 2.24) is 5.32 Å². The van der Waals surface area contributed by atoms with Gasteiger partial charge in [-0.3, -0.25) is 4.79 Å². The van der Waals surface area contributed by atoms with Crippen molar-refractivity contribution in [3.63, 3.8) is 0 Å². The number of Topliss-reactive ketones (excluding diaryl/α,β-unsaturated/α-hetero) is 1. The summed E-state index contributed by atoms with van der Waals surface area (Å²) in [5, 5.41) is 3.31. The van der Waals surface area contributed by atoms with Crippen LogP contribution in [0, 0.1) is 5.41 Å². The molecule has 2 aliphatic rings. The van der Waals surface area contributed by atoms with Crippen LogP contribution in [-0.2, 0) is 14.3 Å². The first kappa shape index (κ1) is 19.9. The van der Waals surface area contributed by atoms with E-state index in [0.717, 1.165) is 17.7 Å². The molecule has 1 atom stereocenters. The molecule has 0 amide bonds. The summed E-state index contributed by atoms with van der Waals surface area (Å²) in [7, 11) is 1.36. The van der Waals surface area contributed by atoms with Gasteiger partial charge in [-0.2, -0.15) is 0 Å². The summed E-state index contributed by atoms with van der Waals surface area (Å²) in [4.78, 5) is 25.9. The van der Waals surface area contributed by atoms with Crippen LogP contribution in [0.3, 0.4) is 0 Å². The Morgan fingerprint density at radius 2 is 2.04 bits per heavy atom. The van der Waals surface area contributed by atoms with Crippen LogP contribution in [0.5, 0.6) is 5.75 Å². The van der Waals surface area contributed by atoms with Crippen LogP contribution in [-0.4, -0.2) is 25.5 Å². The molecule has 28 heavy (non-hydrogen) atoms. The second-order valence-corrected chi connectivity index (χ2v) is 8.06. The molecular formula is C23H27NO4. The lowest BCUT2D eigenvalue weighted by atomic mass is 9.68. The zero-order valence-electron chi connectivity index (χ0n) is 16.9. The standard InChI is InChI=1S/C23H27NO4/c1-6-11-28-18-10-8-7-9-15(18)20-19(22(26)27-5)14(2)24-16-12-23(3,4)13-17(25)21(16)20/h6-10,20,24H,1,11-13H2,2-5H3/t20-/m0/s1. The molecule has 0 saturated carbocycles. The van der Waals surface area contributed by atoms with E-state index in [1.807, 2.05) is 31.2 Å². The van der Waals surface area contributed by atoms with Crippen LogP contribution in [0.4, 0.5) is 0 Å². The number of ether oxygens (including phenoxy) is 2. The second-order valence-electron chi connectivity index (χ2n) is 8.06. The minimum absolute atomic E-state index is 0.0520. The van der Waals surface area contributed by atoms with Crippen LogP contribution >= 0.6 is 0 Å². The minimum atomic E-state index is -0.520. The van der Waals surface area contributed by atoms with Crippen molar-refractivity contribution in [3.05, 3.63) is 65.0 Å². The number of rotatable bonds is 5. The molecule has 148 valence electrons. The Labute approximate surface area is 166 Å². The van der Waals surface area contributed by atoms with Gasteiger partial charge < -0.3 is 14.8 Å². The van der Waals surface area contributed by atoms with Crippen molar-refractivity contribution in [2.45, 2.75) is 39.5 Å². The lowest BCUT2D eigenvalue weighted by Crippen LogP contribution is -2.38. The number of para-hydroxylation sites is 1. The van der Waals surface area contributed by atoms with Crippen LogP contribution in [0.2, 0.25) is 0 Å². The molecule has 0 unspecified atom stereocenters. The van der Waals surface area contributed by atoms with Gasteiger partial charge in [0.15, 0.2) is 5.78 Å². The van der Waals surface area contributed by atoms with Crippen LogP contribution in [0.1, 0.15) is 45.1 Å². The number of benzene rings is 1. The molecule has 0 spiro atoms. The van der Waals surface area contributed by atoms with E-state index in [4.69, 9.17) is 9.47 Å². The maximum atomic E-state index is 13.2. The number of esters is 1. The highest BCUT2D eigenvalue weighted by atomic mass is 16.5. The van der Waals surface area contributed by atoms with Gasteiger partial charge in [0.2, 0.25) is 0 Å². The highest BCUT2D eigenvalue weighted by molar-refractivity contribution is 6.04. The molecule has 5 nitrogen and oxygen atoms in total. The summed E-state index contributed by atoms with van der Waals surface area (Å²) >= 11 is 0. The molecule has 1 aromatic rings. The molecule has 0 fully saturated rings. The molecule has 3 rings (SSSR count). The van der Waals surface area contributed by atoms with Gasteiger partial charge >= 0.3 is 5.97 Å². The van der Waals surface area contributed by atoms with Crippen LogP contribution in [0.15, 0.2) is 59.5 Å². The first-order valence-corrected chi connectivity index (χ1v) is 9.44. The maximum absolute atomic E-state index is 13.2. The van der Waals surface area contributed by atoms with E-state index >= 15 is 0 Å². The van der Waals surface area contributed by atoms with Crippen molar-refractivity contribution >= 4 is 11.8 Å². The highest BCUT2D eigenvalue weighted by Crippen LogP contribution is 2.48. The Bertz CT molecular complexity index is 892. The molecule has 5 heteroatoms. The van der Waals surface area contributed by atoms with E-state index in [1.165, 1.54) is 7.11 Å². The second kappa shape index (κ2) is 7.66. The average molecular weight is 381 g/mol. The normalized spacial score (nSPS) is 21.0. The van der Waals surface area contributed by atoms with Crippen molar-refractivity contribution in [1.29, 1.82) is 0 Å². The number of hydrogen-bond donors (Lipinski definition) is 1. The van der Waals surface area contributed by atoms with Gasteiger partial charge in [-0.15, -0.1) is 0 Å².